The minimum absolute atomic E-state index is 0.133. The Morgan fingerprint density at radius 3 is 2.66 bits per heavy atom. The average molecular weight is 388 g/mol. The summed E-state index contributed by atoms with van der Waals surface area (Å²) in [6, 6.07) is 17.6. The molecule has 2 amide bonds. The Hall–Kier alpha value is -3.41. The zero-order valence-electron chi connectivity index (χ0n) is 16.6. The van der Waals surface area contributed by atoms with Crippen molar-refractivity contribution in [1.82, 2.24) is 15.1 Å². The summed E-state index contributed by atoms with van der Waals surface area (Å²) < 4.78 is 1.97. The molecule has 1 aliphatic heterocycles. The van der Waals surface area contributed by atoms with Gasteiger partial charge in [0.2, 0.25) is 11.8 Å². The number of hydrogen-bond donors (Lipinski definition) is 2. The smallest absolute Gasteiger partial charge is 0.228 e. The van der Waals surface area contributed by atoms with Gasteiger partial charge in [-0.25, -0.2) is 0 Å². The van der Waals surface area contributed by atoms with E-state index in [1.165, 1.54) is 5.56 Å². The number of benzene rings is 2. The van der Waals surface area contributed by atoms with Crippen LogP contribution in [0, 0.1) is 13.8 Å². The number of amides is 2. The van der Waals surface area contributed by atoms with E-state index >= 15 is 0 Å². The number of rotatable bonds is 5. The van der Waals surface area contributed by atoms with Crippen LogP contribution in [0.5, 0.6) is 0 Å². The number of nitrogens with zero attached hydrogens (tertiary/aromatic N) is 2. The highest BCUT2D eigenvalue weighted by molar-refractivity contribution is 6.01. The molecule has 2 aromatic carbocycles. The predicted octanol–water partition coefficient (Wildman–Crippen LogP) is 3.29. The quantitative estimate of drug-likeness (QED) is 0.704. The largest absolute Gasteiger partial charge is 0.351 e. The molecular weight excluding hydrogens is 364 g/mol. The fourth-order valence-electron chi connectivity index (χ4n) is 3.84. The van der Waals surface area contributed by atoms with E-state index in [4.69, 9.17) is 0 Å². The van der Waals surface area contributed by atoms with Crippen LogP contribution in [0.1, 0.15) is 40.4 Å². The predicted molar refractivity (Wildman–Crippen MR) is 112 cm³/mol. The van der Waals surface area contributed by atoms with Gasteiger partial charge in [0, 0.05) is 29.9 Å². The van der Waals surface area contributed by atoms with Crippen molar-refractivity contribution in [3.63, 3.8) is 0 Å². The third kappa shape index (κ3) is 3.92. The lowest BCUT2D eigenvalue weighted by molar-refractivity contribution is -0.126. The van der Waals surface area contributed by atoms with E-state index in [1.807, 2.05) is 61.0 Å². The molecule has 0 aliphatic carbocycles. The summed E-state index contributed by atoms with van der Waals surface area (Å²) in [4.78, 5) is 24.9. The van der Waals surface area contributed by atoms with Crippen LogP contribution in [0.4, 0.5) is 5.69 Å². The van der Waals surface area contributed by atoms with E-state index in [1.54, 1.807) is 0 Å². The van der Waals surface area contributed by atoms with E-state index in [0.29, 0.717) is 18.8 Å². The number of nitrogens with one attached hydrogen (secondary N) is 2. The number of para-hydroxylation sites is 1. The van der Waals surface area contributed by atoms with E-state index < -0.39 is 5.92 Å². The van der Waals surface area contributed by atoms with Crippen LogP contribution >= 0.6 is 0 Å². The Balaban J connectivity index is 1.48. The molecule has 0 saturated carbocycles. The first-order chi connectivity index (χ1) is 14.0. The molecule has 2 N–H and O–H groups in total. The van der Waals surface area contributed by atoms with E-state index in [0.717, 1.165) is 22.5 Å². The lowest BCUT2D eigenvalue weighted by Gasteiger charge is -2.24. The standard InChI is InChI=1S/C23H24N4O2/c1-15-20(16(2)27(26-15)14-17-8-4-3-5-9-17)13-24-23(29)19-12-22(28)25-21-11-7-6-10-18(19)21/h3-11,19H,12-14H2,1-2H3,(H,24,29)(H,25,28)/t19-/m1/s1. The molecule has 0 radical (unpaired) electrons. The van der Waals surface area contributed by atoms with Gasteiger partial charge in [-0.05, 0) is 31.0 Å². The van der Waals surface area contributed by atoms with Crippen molar-refractivity contribution in [3.05, 3.63) is 82.7 Å². The number of anilines is 1. The summed E-state index contributed by atoms with van der Waals surface area (Å²) in [6.07, 6.45) is 0.161. The van der Waals surface area contributed by atoms with Crippen LogP contribution in [0.15, 0.2) is 54.6 Å². The van der Waals surface area contributed by atoms with Gasteiger partial charge in [-0.15, -0.1) is 0 Å². The maximum Gasteiger partial charge on any atom is 0.228 e. The summed E-state index contributed by atoms with van der Waals surface area (Å²) in [5, 5.41) is 10.5. The molecule has 6 heteroatoms. The van der Waals surface area contributed by atoms with Crippen molar-refractivity contribution in [1.29, 1.82) is 0 Å². The Morgan fingerprint density at radius 1 is 1.14 bits per heavy atom. The normalized spacial score (nSPS) is 15.5. The van der Waals surface area contributed by atoms with E-state index in [9.17, 15) is 9.59 Å². The minimum Gasteiger partial charge on any atom is -0.351 e. The molecule has 1 aliphatic rings. The zero-order chi connectivity index (χ0) is 20.4. The summed E-state index contributed by atoms with van der Waals surface area (Å²) in [5.74, 6) is -0.742. The summed E-state index contributed by atoms with van der Waals surface area (Å²) in [6.45, 7) is 5.07. The third-order valence-corrected chi connectivity index (χ3v) is 5.46. The molecule has 4 rings (SSSR count). The van der Waals surface area contributed by atoms with Gasteiger partial charge in [-0.3, -0.25) is 14.3 Å². The molecule has 1 aromatic heterocycles. The first-order valence-electron chi connectivity index (χ1n) is 9.76. The fraction of sp³-hybridized carbons (Fsp3) is 0.261. The Labute approximate surface area is 169 Å². The second-order valence-electron chi connectivity index (χ2n) is 7.40. The monoisotopic (exact) mass is 388 g/mol. The number of fused-ring (bicyclic) bond motifs is 1. The van der Waals surface area contributed by atoms with Crippen molar-refractivity contribution in [2.24, 2.45) is 0 Å². The second kappa shape index (κ2) is 7.91. The average Bonchev–Trinajstić information content (AvgIpc) is 2.99. The molecule has 29 heavy (non-hydrogen) atoms. The molecule has 0 spiro atoms. The van der Waals surface area contributed by atoms with Crippen molar-refractivity contribution in [3.8, 4) is 0 Å². The van der Waals surface area contributed by atoms with Gasteiger partial charge in [0.25, 0.3) is 0 Å². The highest BCUT2D eigenvalue weighted by Crippen LogP contribution is 2.32. The Morgan fingerprint density at radius 2 is 1.86 bits per heavy atom. The van der Waals surface area contributed by atoms with Crippen LogP contribution in [-0.4, -0.2) is 21.6 Å². The lowest BCUT2D eigenvalue weighted by Crippen LogP contribution is -2.34. The lowest BCUT2D eigenvalue weighted by atomic mass is 9.90. The molecule has 3 aromatic rings. The molecule has 0 unspecified atom stereocenters. The van der Waals surface area contributed by atoms with Crippen molar-refractivity contribution in [2.75, 3.05) is 5.32 Å². The van der Waals surface area contributed by atoms with E-state index in [2.05, 4.69) is 27.9 Å². The van der Waals surface area contributed by atoms with Crippen LogP contribution in [0.2, 0.25) is 0 Å². The van der Waals surface area contributed by atoms with Crippen LogP contribution < -0.4 is 10.6 Å². The van der Waals surface area contributed by atoms with Crippen LogP contribution in [-0.2, 0) is 22.7 Å². The molecular formula is C23H24N4O2. The SMILES string of the molecule is Cc1nn(Cc2ccccc2)c(C)c1CNC(=O)[C@@H]1CC(=O)Nc2ccccc21. The highest BCUT2D eigenvalue weighted by atomic mass is 16.2. The molecule has 2 heterocycles. The van der Waals surface area contributed by atoms with Gasteiger partial charge in [-0.2, -0.15) is 5.10 Å². The Kier molecular flexibility index (Phi) is 5.16. The summed E-state index contributed by atoms with van der Waals surface area (Å²) in [5.41, 5.74) is 5.71. The fourth-order valence-corrected chi connectivity index (χ4v) is 3.84. The minimum atomic E-state index is -0.472. The number of aromatic nitrogens is 2. The zero-order valence-corrected chi connectivity index (χ0v) is 16.6. The molecule has 0 fully saturated rings. The van der Waals surface area contributed by atoms with Gasteiger partial charge >= 0.3 is 0 Å². The maximum absolute atomic E-state index is 12.9. The van der Waals surface area contributed by atoms with Crippen molar-refractivity contribution >= 4 is 17.5 Å². The number of carbonyl (C=O) groups is 2. The number of hydrogen-bond acceptors (Lipinski definition) is 3. The van der Waals surface area contributed by atoms with Crippen LogP contribution in [0.25, 0.3) is 0 Å². The summed E-state index contributed by atoms with van der Waals surface area (Å²) >= 11 is 0. The summed E-state index contributed by atoms with van der Waals surface area (Å²) in [7, 11) is 0. The number of aryl methyl sites for hydroxylation is 1. The van der Waals surface area contributed by atoms with Gasteiger partial charge in [-0.1, -0.05) is 48.5 Å². The number of carbonyl (C=O) groups excluding carboxylic acids is 2. The molecule has 1 atom stereocenters. The first-order valence-corrected chi connectivity index (χ1v) is 9.76. The topological polar surface area (TPSA) is 76.0 Å². The third-order valence-electron chi connectivity index (χ3n) is 5.46. The van der Waals surface area contributed by atoms with Crippen molar-refractivity contribution in [2.45, 2.75) is 39.3 Å². The molecule has 148 valence electrons. The second-order valence-corrected chi connectivity index (χ2v) is 7.40. The van der Waals surface area contributed by atoms with Gasteiger partial charge in [0.15, 0.2) is 0 Å². The van der Waals surface area contributed by atoms with Crippen LogP contribution in [0.3, 0.4) is 0 Å². The Bertz CT molecular complexity index is 1060. The highest BCUT2D eigenvalue weighted by Gasteiger charge is 2.30. The van der Waals surface area contributed by atoms with Crippen molar-refractivity contribution < 1.29 is 9.59 Å². The molecule has 0 bridgehead atoms. The molecule has 6 nitrogen and oxygen atoms in total. The van der Waals surface area contributed by atoms with Gasteiger partial charge < -0.3 is 10.6 Å². The van der Waals surface area contributed by atoms with E-state index in [-0.39, 0.29) is 18.2 Å². The molecule has 0 saturated heterocycles. The maximum atomic E-state index is 12.9. The first kappa shape index (κ1) is 18.9. The van der Waals surface area contributed by atoms with Gasteiger partial charge in [0.05, 0.1) is 18.2 Å². The van der Waals surface area contributed by atoms with Gasteiger partial charge in [0.1, 0.15) is 0 Å².